The molecule has 0 fully saturated rings. The van der Waals surface area contributed by atoms with Crippen molar-refractivity contribution in [2.45, 2.75) is 309 Å². The predicted octanol–water partition coefficient (Wildman–Crippen LogP) is 23.9. The van der Waals surface area contributed by atoms with Gasteiger partial charge in [0.25, 0.3) is 0 Å². The molecule has 6 heteroatoms. The number of hydrogen-bond acceptors (Lipinski definition) is 6. The second-order valence-corrected chi connectivity index (χ2v) is 22.3. The van der Waals surface area contributed by atoms with E-state index in [0.717, 1.165) is 148 Å². The van der Waals surface area contributed by atoms with E-state index in [4.69, 9.17) is 14.2 Å². The highest BCUT2D eigenvalue weighted by Crippen LogP contribution is 2.16. The van der Waals surface area contributed by atoms with Gasteiger partial charge in [0.05, 0.1) is 0 Å². The lowest BCUT2D eigenvalue weighted by atomic mass is 10.1. The fourth-order valence-electron chi connectivity index (χ4n) is 9.23. The summed E-state index contributed by atoms with van der Waals surface area (Å²) in [6.07, 6.45) is 100.0. The van der Waals surface area contributed by atoms with Crippen molar-refractivity contribution < 1.29 is 28.6 Å². The largest absolute Gasteiger partial charge is 0.462 e. The third-order valence-corrected chi connectivity index (χ3v) is 14.3. The van der Waals surface area contributed by atoms with Crippen molar-refractivity contribution in [2.24, 2.45) is 0 Å². The van der Waals surface area contributed by atoms with Crippen LogP contribution in [0.25, 0.3) is 0 Å². The Bertz CT molecular complexity index is 1800. The van der Waals surface area contributed by atoms with Crippen molar-refractivity contribution in [1.29, 1.82) is 0 Å². The van der Waals surface area contributed by atoms with Gasteiger partial charge in [0.1, 0.15) is 13.2 Å². The maximum atomic E-state index is 12.9. The monoisotopic (exact) mass is 1150 g/mol. The Morgan fingerprint density at radius 1 is 0.253 bits per heavy atom. The van der Waals surface area contributed by atoms with E-state index in [1.807, 2.05) is 0 Å². The summed E-state index contributed by atoms with van der Waals surface area (Å²) >= 11 is 0. The van der Waals surface area contributed by atoms with Crippen LogP contribution in [0.15, 0.2) is 146 Å². The Morgan fingerprint density at radius 2 is 0.470 bits per heavy atom. The average molecular weight is 1150 g/mol. The normalized spacial score (nSPS) is 13.0. The zero-order chi connectivity index (χ0) is 59.9. The van der Waals surface area contributed by atoms with Crippen LogP contribution >= 0.6 is 0 Å². The minimum atomic E-state index is -0.797. The SMILES string of the molecule is CC/C=C\C/C=C\C/C=C\C/C=C\C/C=C\C/C=C\C/C=C\CCCCCCCCCCCC(=O)OCC(COC(=O)CCCCCCCCC/C=C\C/C=C\CCCCC)OC(=O)CCCCCCCCC/C=C\C/C=C\C/C=C\CC. The van der Waals surface area contributed by atoms with Gasteiger partial charge in [0.15, 0.2) is 6.10 Å². The highest BCUT2D eigenvalue weighted by atomic mass is 16.6. The smallest absolute Gasteiger partial charge is 0.306 e. The second kappa shape index (κ2) is 69.8. The van der Waals surface area contributed by atoms with Gasteiger partial charge in [0.2, 0.25) is 0 Å². The molecule has 0 radical (unpaired) electrons. The number of rotatable bonds is 61. The molecule has 0 N–H and O–H groups in total. The van der Waals surface area contributed by atoms with E-state index in [9.17, 15) is 14.4 Å². The first-order valence-electron chi connectivity index (χ1n) is 34.3. The van der Waals surface area contributed by atoms with E-state index in [-0.39, 0.29) is 31.1 Å². The molecule has 0 amide bonds. The summed E-state index contributed by atoms with van der Waals surface area (Å²) in [7, 11) is 0. The highest BCUT2D eigenvalue weighted by molar-refractivity contribution is 5.71. The lowest BCUT2D eigenvalue weighted by Gasteiger charge is -2.18. The lowest BCUT2D eigenvalue weighted by molar-refractivity contribution is -0.167. The number of carbonyl (C=O) groups is 3. The van der Waals surface area contributed by atoms with Crippen LogP contribution in [0, 0.1) is 0 Å². The summed E-state index contributed by atoms with van der Waals surface area (Å²) in [5.41, 5.74) is 0. The van der Waals surface area contributed by atoms with Crippen LogP contribution < -0.4 is 0 Å². The molecule has 0 aliphatic heterocycles. The Morgan fingerprint density at radius 3 is 0.735 bits per heavy atom. The van der Waals surface area contributed by atoms with Gasteiger partial charge < -0.3 is 14.2 Å². The van der Waals surface area contributed by atoms with Crippen LogP contribution in [0.2, 0.25) is 0 Å². The first-order chi connectivity index (χ1) is 41.0. The molecule has 470 valence electrons. The summed E-state index contributed by atoms with van der Waals surface area (Å²) in [5.74, 6) is -0.910. The summed E-state index contributed by atoms with van der Waals surface area (Å²) in [6, 6.07) is 0. The predicted molar refractivity (Wildman–Crippen MR) is 362 cm³/mol. The van der Waals surface area contributed by atoms with Crippen LogP contribution in [0.1, 0.15) is 303 Å². The van der Waals surface area contributed by atoms with Crippen LogP contribution in [0.5, 0.6) is 0 Å². The third kappa shape index (κ3) is 68.0. The molecule has 1 atom stereocenters. The maximum absolute atomic E-state index is 12.9. The third-order valence-electron chi connectivity index (χ3n) is 14.3. The van der Waals surface area contributed by atoms with Crippen molar-refractivity contribution in [1.82, 2.24) is 0 Å². The molecule has 0 spiro atoms. The van der Waals surface area contributed by atoms with Gasteiger partial charge in [0, 0.05) is 19.3 Å². The molecule has 0 aliphatic carbocycles. The Hall–Kier alpha value is -4.71. The van der Waals surface area contributed by atoms with Gasteiger partial charge in [-0.05, 0) is 141 Å². The minimum Gasteiger partial charge on any atom is -0.462 e. The summed E-state index contributed by atoms with van der Waals surface area (Å²) in [4.78, 5) is 38.4. The van der Waals surface area contributed by atoms with Gasteiger partial charge >= 0.3 is 17.9 Å². The highest BCUT2D eigenvalue weighted by Gasteiger charge is 2.19. The molecule has 1 unspecified atom stereocenters. The van der Waals surface area contributed by atoms with Gasteiger partial charge in [-0.25, -0.2) is 0 Å². The van der Waals surface area contributed by atoms with Crippen molar-refractivity contribution >= 4 is 17.9 Å². The number of hydrogen-bond donors (Lipinski definition) is 0. The fraction of sp³-hybridized carbons (Fsp3) is 0.649. The number of unbranched alkanes of at least 4 members (excludes halogenated alkanes) is 26. The number of carbonyl (C=O) groups excluding carboxylic acids is 3. The van der Waals surface area contributed by atoms with Crippen LogP contribution in [0.4, 0.5) is 0 Å². The molecule has 0 saturated carbocycles. The van der Waals surface area contributed by atoms with Gasteiger partial charge in [-0.2, -0.15) is 0 Å². The summed E-state index contributed by atoms with van der Waals surface area (Å²) in [6.45, 7) is 6.39. The van der Waals surface area contributed by atoms with Crippen molar-refractivity contribution in [3.05, 3.63) is 146 Å². The zero-order valence-electron chi connectivity index (χ0n) is 53.9. The molecule has 0 rings (SSSR count). The van der Waals surface area contributed by atoms with Crippen LogP contribution in [-0.4, -0.2) is 37.2 Å². The number of ether oxygens (including phenoxy) is 3. The van der Waals surface area contributed by atoms with Crippen molar-refractivity contribution in [3.63, 3.8) is 0 Å². The molecule has 0 aromatic carbocycles. The second-order valence-electron chi connectivity index (χ2n) is 22.3. The molecule has 0 aliphatic rings. The van der Waals surface area contributed by atoms with E-state index in [1.165, 1.54) is 116 Å². The standard InChI is InChI=1S/C77H126O6/c1-4-7-10-13-16-19-22-25-28-31-32-33-34-35-36-37-38-39-40-41-42-43-44-47-49-52-55-58-61-64-67-70-76(79)82-73-74(83-77(80)71-68-65-62-59-56-53-50-46-30-27-24-21-18-15-12-9-6-3)72-81-75(78)69-66-63-60-57-54-51-48-45-29-26-23-20-17-14-11-8-5-2/h7,9-10,12,16-21,25-30,32-33,35-36,38-39,41-42,74H,4-6,8,11,13-15,22-24,31,34,37,40,43-73H2,1-3H3/b10-7-,12-9-,19-16-,20-17-,21-18-,28-25-,29-26-,30-27-,33-32-,36-35-,39-38-,42-41-. The minimum absolute atomic E-state index is 0.0914. The Balaban J connectivity index is 4.36. The molecular weight excluding hydrogens is 1020 g/mol. The quantitative estimate of drug-likeness (QED) is 0.0261. The first-order valence-corrected chi connectivity index (χ1v) is 34.3. The summed E-state index contributed by atoms with van der Waals surface area (Å²) in [5, 5.41) is 0. The molecule has 0 aromatic rings. The molecular formula is C77H126O6. The Labute approximate surface area is 512 Å². The van der Waals surface area contributed by atoms with E-state index in [1.54, 1.807) is 0 Å². The van der Waals surface area contributed by atoms with Crippen molar-refractivity contribution in [2.75, 3.05) is 13.2 Å². The maximum Gasteiger partial charge on any atom is 0.306 e. The van der Waals surface area contributed by atoms with Crippen molar-refractivity contribution in [3.8, 4) is 0 Å². The fourth-order valence-corrected chi connectivity index (χ4v) is 9.23. The van der Waals surface area contributed by atoms with Gasteiger partial charge in [-0.1, -0.05) is 289 Å². The van der Waals surface area contributed by atoms with Gasteiger partial charge in [-0.15, -0.1) is 0 Å². The summed E-state index contributed by atoms with van der Waals surface area (Å²) < 4.78 is 17.0. The van der Waals surface area contributed by atoms with Gasteiger partial charge in [-0.3, -0.25) is 14.4 Å². The van der Waals surface area contributed by atoms with Crippen LogP contribution in [-0.2, 0) is 28.6 Å². The van der Waals surface area contributed by atoms with E-state index < -0.39 is 6.10 Å². The van der Waals surface area contributed by atoms with Crippen LogP contribution in [0.3, 0.4) is 0 Å². The number of allylic oxidation sites excluding steroid dienone is 24. The van der Waals surface area contributed by atoms with E-state index in [0.29, 0.717) is 19.3 Å². The lowest BCUT2D eigenvalue weighted by Crippen LogP contribution is -2.30. The number of esters is 3. The molecule has 6 nitrogen and oxygen atoms in total. The molecule has 0 bridgehead atoms. The topological polar surface area (TPSA) is 78.9 Å². The molecule has 0 saturated heterocycles. The van der Waals surface area contributed by atoms with E-state index in [2.05, 4.69) is 167 Å². The molecule has 83 heavy (non-hydrogen) atoms. The average Bonchev–Trinajstić information content (AvgIpc) is 3.49. The first kappa shape index (κ1) is 78.3. The molecule has 0 heterocycles. The van der Waals surface area contributed by atoms with E-state index >= 15 is 0 Å². The zero-order valence-corrected chi connectivity index (χ0v) is 53.9. The Kier molecular flexibility index (Phi) is 65.8. The molecule has 0 aromatic heterocycles.